The Morgan fingerprint density at radius 1 is 1.13 bits per heavy atom. The number of pyridine rings is 1. The number of para-hydroxylation sites is 1. The highest BCUT2D eigenvalue weighted by molar-refractivity contribution is 6.05. The van der Waals surface area contributed by atoms with Gasteiger partial charge in [0.2, 0.25) is 0 Å². The van der Waals surface area contributed by atoms with Crippen molar-refractivity contribution in [3.63, 3.8) is 0 Å². The number of carbonyl (C=O) groups is 1. The molecular weight excluding hydrogens is 290 g/mol. The quantitative estimate of drug-likeness (QED) is 0.787. The van der Waals surface area contributed by atoms with Gasteiger partial charge in [-0.2, -0.15) is 0 Å². The second-order valence-corrected chi connectivity index (χ2v) is 5.54. The SMILES string of the molecule is COc1ccccc1-c1cc(C(=O)O)c2c(C)cc(C)cc2n1. The van der Waals surface area contributed by atoms with E-state index in [1.807, 2.05) is 50.2 Å². The van der Waals surface area contributed by atoms with Crippen LogP contribution < -0.4 is 4.74 Å². The molecule has 1 N–H and O–H groups in total. The van der Waals surface area contributed by atoms with Crippen LogP contribution in [0.2, 0.25) is 0 Å². The highest BCUT2D eigenvalue weighted by Crippen LogP contribution is 2.32. The lowest BCUT2D eigenvalue weighted by atomic mass is 9.99. The zero-order valence-corrected chi connectivity index (χ0v) is 13.3. The molecule has 0 saturated carbocycles. The van der Waals surface area contributed by atoms with Crippen LogP contribution in [0.25, 0.3) is 22.2 Å². The van der Waals surface area contributed by atoms with E-state index in [2.05, 4.69) is 4.98 Å². The maximum Gasteiger partial charge on any atom is 0.336 e. The first kappa shape index (κ1) is 15.0. The van der Waals surface area contributed by atoms with Crippen LogP contribution in [-0.4, -0.2) is 23.2 Å². The van der Waals surface area contributed by atoms with Gasteiger partial charge in [-0.15, -0.1) is 0 Å². The number of fused-ring (bicyclic) bond motifs is 1. The van der Waals surface area contributed by atoms with E-state index in [-0.39, 0.29) is 5.56 Å². The van der Waals surface area contributed by atoms with Crippen molar-refractivity contribution in [1.82, 2.24) is 4.98 Å². The number of carboxylic acid groups (broad SMARTS) is 1. The molecule has 0 aliphatic rings. The number of benzene rings is 2. The molecule has 0 unspecified atom stereocenters. The summed E-state index contributed by atoms with van der Waals surface area (Å²) in [5.74, 6) is -0.291. The van der Waals surface area contributed by atoms with E-state index in [0.29, 0.717) is 22.3 Å². The summed E-state index contributed by atoms with van der Waals surface area (Å²) in [5, 5.41) is 10.3. The lowest BCUT2D eigenvalue weighted by Crippen LogP contribution is -2.02. The second kappa shape index (κ2) is 5.72. The topological polar surface area (TPSA) is 59.4 Å². The summed E-state index contributed by atoms with van der Waals surface area (Å²) >= 11 is 0. The van der Waals surface area contributed by atoms with Gasteiger partial charge in [-0.3, -0.25) is 0 Å². The number of aryl methyl sites for hydroxylation is 2. The van der Waals surface area contributed by atoms with Gasteiger partial charge in [0.1, 0.15) is 5.75 Å². The third kappa shape index (κ3) is 2.63. The number of nitrogens with zero attached hydrogens (tertiary/aromatic N) is 1. The van der Waals surface area contributed by atoms with E-state index in [4.69, 9.17) is 4.74 Å². The molecule has 0 amide bonds. The van der Waals surface area contributed by atoms with Gasteiger partial charge in [0, 0.05) is 10.9 Å². The lowest BCUT2D eigenvalue weighted by molar-refractivity contribution is 0.0699. The molecule has 0 aliphatic carbocycles. The van der Waals surface area contributed by atoms with Crippen molar-refractivity contribution < 1.29 is 14.6 Å². The number of hydrogen-bond acceptors (Lipinski definition) is 3. The molecular formula is C19H17NO3. The van der Waals surface area contributed by atoms with Gasteiger partial charge in [0.05, 0.1) is 23.9 Å². The third-order valence-electron chi connectivity index (χ3n) is 3.86. The van der Waals surface area contributed by atoms with E-state index in [9.17, 15) is 9.90 Å². The van der Waals surface area contributed by atoms with Gasteiger partial charge < -0.3 is 9.84 Å². The fourth-order valence-electron chi connectivity index (χ4n) is 2.92. The molecule has 2 aromatic carbocycles. The predicted octanol–water partition coefficient (Wildman–Crippen LogP) is 4.23. The number of aromatic nitrogens is 1. The first-order chi connectivity index (χ1) is 11.0. The summed E-state index contributed by atoms with van der Waals surface area (Å²) in [4.78, 5) is 16.4. The van der Waals surface area contributed by atoms with Crippen LogP contribution in [0.5, 0.6) is 5.75 Å². The Morgan fingerprint density at radius 2 is 1.87 bits per heavy atom. The summed E-state index contributed by atoms with van der Waals surface area (Å²) in [7, 11) is 1.59. The Labute approximate surface area is 134 Å². The Kier molecular flexibility index (Phi) is 3.74. The van der Waals surface area contributed by atoms with E-state index in [0.717, 1.165) is 16.7 Å². The van der Waals surface area contributed by atoms with Gasteiger partial charge >= 0.3 is 5.97 Å². The van der Waals surface area contributed by atoms with Crippen molar-refractivity contribution in [3.05, 3.63) is 59.2 Å². The summed E-state index contributed by atoms with van der Waals surface area (Å²) in [6, 6.07) is 13.0. The summed E-state index contributed by atoms with van der Waals surface area (Å²) in [6.45, 7) is 3.89. The molecule has 3 aromatic rings. The summed E-state index contributed by atoms with van der Waals surface area (Å²) in [5.41, 5.74) is 4.28. The van der Waals surface area contributed by atoms with E-state index in [1.165, 1.54) is 0 Å². The molecule has 0 saturated heterocycles. The number of hydrogen-bond donors (Lipinski definition) is 1. The van der Waals surface area contributed by atoms with Crippen LogP contribution in [0.1, 0.15) is 21.5 Å². The van der Waals surface area contributed by atoms with Crippen LogP contribution >= 0.6 is 0 Å². The number of ether oxygens (including phenoxy) is 1. The minimum absolute atomic E-state index is 0.258. The van der Waals surface area contributed by atoms with Crippen LogP contribution in [0.4, 0.5) is 0 Å². The lowest BCUT2D eigenvalue weighted by Gasteiger charge is -2.12. The Morgan fingerprint density at radius 3 is 2.57 bits per heavy atom. The maximum atomic E-state index is 11.7. The smallest absolute Gasteiger partial charge is 0.336 e. The van der Waals surface area contributed by atoms with E-state index < -0.39 is 5.97 Å². The predicted molar refractivity (Wildman–Crippen MR) is 90.2 cm³/mol. The molecule has 0 radical (unpaired) electrons. The fraction of sp³-hybridized carbons (Fsp3) is 0.158. The molecule has 0 bridgehead atoms. The van der Waals surface area contributed by atoms with Gasteiger partial charge in [-0.25, -0.2) is 9.78 Å². The average molecular weight is 307 g/mol. The van der Waals surface area contributed by atoms with Crippen molar-refractivity contribution >= 4 is 16.9 Å². The number of aromatic carboxylic acids is 1. The van der Waals surface area contributed by atoms with Crippen LogP contribution in [0.15, 0.2) is 42.5 Å². The Balaban J connectivity index is 2.38. The molecule has 0 spiro atoms. The molecule has 4 heteroatoms. The van der Waals surface area contributed by atoms with E-state index in [1.54, 1.807) is 13.2 Å². The third-order valence-corrected chi connectivity index (χ3v) is 3.86. The normalized spacial score (nSPS) is 10.7. The van der Waals surface area contributed by atoms with Gasteiger partial charge in [0.25, 0.3) is 0 Å². The first-order valence-electron chi connectivity index (χ1n) is 7.30. The van der Waals surface area contributed by atoms with Gasteiger partial charge in [-0.05, 0) is 49.2 Å². The highest BCUT2D eigenvalue weighted by Gasteiger charge is 2.16. The fourth-order valence-corrected chi connectivity index (χ4v) is 2.92. The second-order valence-electron chi connectivity index (χ2n) is 5.54. The summed E-state index contributed by atoms with van der Waals surface area (Å²) < 4.78 is 5.37. The Hall–Kier alpha value is -2.88. The molecule has 1 aromatic heterocycles. The molecule has 23 heavy (non-hydrogen) atoms. The molecule has 4 nitrogen and oxygen atoms in total. The van der Waals surface area contributed by atoms with Crippen molar-refractivity contribution in [2.45, 2.75) is 13.8 Å². The molecule has 3 rings (SSSR count). The minimum Gasteiger partial charge on any atom is -0.496 e. The zero-order valence-electron chi connectivity index (χ0n) is 13.3. The highest BCUT2D eigenvalue weighted by atomic mass is 16.5. The monoisotopic (exact) mass is 307 g/mol. The van der Waals surface area contributed by atoms with Gasteiger partial charge in [-0.1, -0.05) is 18.2 Å². The van der Waals surface area contributed by atoms with Crippen LogP contribution in [0.3, 0.4) is 0 Å². The van der Waals surface area contributed by atoms with Gasteiger partial charge in [0.15, 0.2) is 0 Å². The van der Waals surface area contributed by atoms with Crippen molar-refractivity contribution in [2.24, 2.45) is 0 Å². The van der Waals surface area contributed by atoms with Crippen LogP contribution in [-0.2, 0) is 0 Å². The first-order valence-corrected chi connectivity index (χ1v) is 7.30. The number of carboxylic acids is 1. The molecule has 116 valence electrons. The molecule has 0 atom stereocenters. The maximum absolute atomic E-state index is 11.7. The molecule has 0 aliphatic heterocycles. The van der Waals surface area contributed by atoms with Crippen molar-refractivity contribution in [1.29, 1.82) is 0 Å². The number of methoxy groups -OCH3 is 1. The minimum atomic E-state index is -0.958. The van der Waals surface area contributed by atoms with Crippen molar-refractivity contribution in [3.8, 4) is 17.0 Å². The largest absolute Gasteiger partial charge is 0.496 e. The molecule has 1 heterocycles. The summed E-state index contributed by atoms with van der Waals surface area (Å²) in [6.07, 6.45) is 0. The molecule has 0 fully saturated rings. The van der Waals surface area contributed by atoms with Crippen LogP contribution in [0, 0.1) is 13.8 Å². The average Bonchev–Trinajstić information content (AvgIpc) is 2.53. The standard InChI is InChI=1S/C19H17NO3/c1-11-8-12(2)18-14(19(21)22)10-15(20-16(18)9-11)13-6-4-5-7-17(13)23-3/h4-10H,1-3H3,(H,21,22). The number of rotatable bonds is 3. The van der Waals surface area contributed by atoms with E-state index >= 15 is 0 Å². The zero-order chi connectivity index (χ0) is 16.6. The Bertz CT molecular complexity index is 916. The van der Waals surface area contributed by atoms with Crippen molar-refractivity contribution in [2.75, 3.05) is 7.11 Å².